The highest BCUT2D eigenvalue weighted by molar-refractivity contribution is 9.10. The van der Waals surface area contributed by atoms with Crippen LogP contribution in [0.1, 0.15) is 35.6 Å². The second-order valence-corrected chi connectivity index (χ2v) is 10.1. The summed E-state index contributed by atoms with van der Waals surface area (Å²) >= 11 is 3.48. The van der Waals surface area contributed by atoms with Crippen LogP contribution in [-0.2, 0) is 22.5 Å². The Labute approximate surface area is 226 Å². The highest BCUT2D eigenvalue weighted by Crippen LogP contribution is 2.33. The fraction of sp³-hybridized carbons (Fsp3) is 0.310. The first-order valence-corrected chi connectivity index (χ1v) is 13.1. The quantitative estimate of drug-likeness (QED) is 0.235. The van der Waals surface area contributed by atoms with Gasteiger partial charge in [0.1, 0.15) is 11.9 Å². The molecule has 4 rings (SSSR count). The summed E-state index contributed by atoms with van der Waals surface area (Å²) in [7, 11) is 0. The summed E-state index contributed by atoms with van der Waals surface area (Å²) in [5.41, 5.74) is 8.77. The van der Waals surface area contributed by atoms with Gasteiger partial charge in [-0.15, -0.1) is 0 Å². The van der Waals surface area contributed by atoms with Gasteiger partial charge in [0.05, 0.1) is 6.61 Å². The number of amides is 1. The molecule has 1 amide bonds. The van der Waals surface area contributed by atoms with Gasteiger partial charge in [0.15, 0.2) is 5.54 Å². The molecule has 8 heteroatoms. The van der Waals surface area contributed by atoms with Gasteiger partial charge in [0, 0.05) is 36.0 Å². The fourth-order valence-corrected chi connectivity index (χ4v) is 4.48. The molecule has 0 aliphatic carbocycles. The van der Waals surface area contributed by atoms with Gasteiger partial charge in [-0.1, -0.05) is 57.9 Å². The van der Waals surface area contributed by atoms with Crippen molar-refractivity contribution in [2.24, 2.45) is 4.99 Å². The number of halogens is 1. The molecule has 194 valence electrons. The number of aliphatic hydroxyl groups is 1. The lowest BCUT2D eigenvalue weighted by Gasteiger charge is -2.28. The molecule has 7 nitrogen and oxygen atoms in total. The molecule has 0 saturated heterocycles. The number of carbonyl (C=O) groups excluding carboxylic acids is 1. The highest BCUT2D eigenvalue weighted by Gasteiger charge is 2.50. The molecule has 0 spiro atoms. The van der Waals surface area contributed by atoms with E-state index in [9.17, 15) is 4.79 Å². The number of hydrazine groups is 1. The third kappa shape index (κ3) is 6.77. The van der Waals surface area contributed by atoms with E-state index in [4.69, 9.17) is 19.6 Å². The molecule has 2 atom stereocenters. The smallest absolute Gasteiger partial charge is 0.266 e. The van der Waals surface area contributed by atoms with Gasteiger partial charge < -0.3 is 14.6 Å². The first-order valence-electron chi connectivity index (χ1n) is 12.3. The first kappa shape index (κ1) is 26.9. The number of benzene rings is 3. The van der Waals surface area contributed by atoms with Crippen LogP contribution in [0.5, 0.6) is 5.75 Å². The standard InChI is InChI=1S/C29H32BrN3O4/c1-20-5-3-6-23(17-20)19-31-33-28(35)29(18-22-7-11-25(30)12-8-22)21(2)37-27(32-29)24-9-13-26(14-10-24)36-16-4-15-34/h3,5-14,17,21,31,34H,4,15-16,18-19H2,1-2H3,(H,33,35)/t21-,29-/m0/s1. The van der Waals surface area contributed by atoms with Crippen LogP contribution in [-0.4, -0.2) is 41.8 Å². The number of ether oxygens (including phenoxy) is 2. The summed E-state index contributed by atoms with van der Waals surface area (Å²) in [6.45, 7) is 4.93. The molecule has 0 unspecified atom stereocenters. The molecule has 1 heterocycles. The van der Waals surface area contributed by atoms with Gasteiger partial charge in [0.2, 0.25) is 5.90 Å². The van der Waals surface area contributed by atoms with E-state index in [1.54, 1.807) is 0 Å². The van der Waals surface area contributed by atoms with Crippen LogP contribution in [0.25, 0.3) is 0 Å². The number of nitrogens with one attached hydrogen (secondary N) is 2. The van der Waals surface area contributed by atoms with Crippen LogP contribution in [0.3, 0.4) is 0 Å². The summed E-state index contributed by atoms with van der Waals surface area (Å²) in [6, 6.07) is 23.4. The molecule has 3 aromatic carbocycles. The number of aryl methyl sites for hydroxylation is 1. The molecule has 1 aliphatic heterocycles. The van der Waals surface area contributed by atoms with E-state index < -0.39 is 11.6 Å². The van der Waals surface area contributed by atoms with Crippen molar-refractivity contribution in [3.63, 3.8) is 0 Å². The predicted octanol–water partition coefficient (Wildman–Crippen LogP) is 4.49. The SMILES string of the molecule is Cc1cccc(CNNC(=O)[C@@]2(Cc3ccc(Br)cc3)N=C(c3ccc(OCCCO)cc3)O[C@H]2C)c1. The van der Waals surface area contributed by atoms with Crippen molar-refractivity contribution in [2.45, 2.75) is 44.9 Å². The molecular weight excluding hydrogens is 534 g/mol. The molecule has 0 saturated carbocycles. The lowest BCUT2D eigenvalue weighted by Crippen LogP contribution is -2.55. The van der Waals surface area contributed by atoms with Gasteiger partial charge in [-0.25, -0.2) is 10.4 Å². The Kier molecular flexibility index (Phi) is 8.97. The maximum Gasteiger partial charge on any atom is 0.266 e. The molecule has 3 N–H and O–H groups in total. The zero-order valence-corrected chi connectivity index (χ0v) is 22.6. The molecule has 0 radical (unpaired) electrons. The van der Waals surface area contributed by atoms with Gasteiger partial charge in [0.25, 0.3) is 5.91 Å². The molecule has 1 aliphatic rings. The molecule has 3 aromatic rings. The fourth-order valence-electron chi connectivity index (χ4n) is 4.21. The van der Waals surface area contributed by atoms with E-state index in [1.807, 2.05) is 80.6 Å². The highest BCUT2D eigenvalue weighted by atomic mass is 79.9. The van der Waals surface area contributed by atoms with Crippen molar-refractivity contribution in [3.8, 4) is 5.75 Å². The average molecular weight is 566 g/mol. The van der Waals surface area contributed by atoms with E-state index in [0.717, 1.165) is 26.7 Å². The minimum atomic E-state index is -1.15. The van der Waals surface area contributed by atoms with Gasteiger partial charge >= 0.3 is 0 Å². The minimum absolute atomic E-state index is 0.0863. The van der Waals surface area contributed by atoms with Crippen molar-refractivity contribution < 1.29 is 19.4 Å². The largest absolute Gasteiger partial charge is 0.494 e. The lowest BCUT2D eigenvalue weighted by atomic mass is 9.86. The number of rotatable bonds is 11. The van der Waals surface area contributed by atoms with Crippen molar-refractivity contribution in [1.29, 1.82) is 0 Å². The number of nitrogens with zero attached hydrogens (tertiary/aromatic N) is 1. The van der Waals surface area contributed by atoms with E-state index in [0.29, 0.717) is 37.6 Å². The molecule has 0 fully saturated rings. The number of aliphatic imine (C=N–C) groups is 1. The first-order chi connectivity index (χ1) is 17.9. The third-order valence-corrected chi connectivity index (χ3v) is 6.82. The Balaban J connectivity index is 1.55. The van der Waals surface area contributed by atoms with E-state index >= 15 is 0 Å². The van der Waals surface area contributed by atoms with Gasteiger partial charge in [-0.2, -0.15) is 0 Å². The Morgan fingerprint density at radius 1 is 1.11 bits per heavy atom. The number of hydrogen-bond acceptors (Lipinski definition) is 6. The Bertz CT molecular complexity index is 1230. The summed E-state index contributed by atoms with van der Waals surface area (Å²) in [5.74, 6) is 0.859. The van der Waals surface area contributed by atoms with Crippen LogP contribution in [0.4, 0.5) is 0 Å². The van der Waals surface area contributed by atoms with Crippen LogP contribution in [0.2, 0.25) is 0 Å². The second kappa shape index (κ2) is 12.4. The van der Waals surface area contributed by atoms with E-state index in [1.165, 1.54) is 0 Å². The summed E-state index contributed by atoms with van der Waals surface area (Å²) in [5, 5.41) is 8.94. The Hall–Kier alpha value is -3.20. The Morgan fingerprint density at radius 2 is 1.86 bits per heavy atom. The van der Waals surface area contributed by atoms with Crippen LogP contribution < -0.4 is 15.6 Å². The van der Waals surface area contributed by atoms with Crippen molar-refractivity contribution >= 4 is 27.7 Å². The van der Waals surface area contributed by atoms with Gasteiger partial charge in [-0.05, 0) is 61.4 Å². The van der Waals surface area contributed by atoms with Crippen molar-refractivity contribution in [3.05, 3.63) is 99.5 Å². The molecule has 0 bridgehead atoms. The maximum absolute atomic E-state index is 13.7. The van der Waals surface area contributed by atoms with Crippen molar-refractivity contribution in [1.82, 2.24) is 10.9 Å². The van der Waals surface area contributed by atoms with Crippen LogP contribution in [0.15, 0.2) is 82.3 Å². The van der Waals surface area contributed by atoms with Crippen molar-refractivity contribution in [2.75, 3.05) is 13.2 Å². The lowest BCUT2D eigenvalue weighted by molar-refractivity contribution is -0.129. The zero-order valence-electron chi connectivity index (χ0n) is 21.0. The monoisotopic (exact) mass is 565 g/mol. The zero-order chi connectivity index (χ0) is 26.3. The van der Waals surface area contributed by atoms with Gasteiger partial charge in [-0.3, -0.25) is 10.2 Å². The molecular formula is C29H32BrN3O4. The summed E-state index contributed by atoms with van der Waals surface area (Å²) in [4.78, 5) is 18.6. The minimum Gasteiger partial charge on any atom is -0.494 e. The third-order valence-electron chi connectivity index (χ3n) is 6.29. The number of hydrogen-bond donors (Lipinski definition) is 3. The predicted molar refractivity (Wildman–Crippen MR) is 147 cm³/mol. The summed E-state index contributed by atoms with van der Waals surface area (Å²) < 4.78 is 12.8. The summed E-state index contributed by atoms with van der Waals surface area (Å²) in [6.07, 6.45) is 0.457. The second-order valence-electron chi connectivity index (χ2n) is 9.15. The normalized spacial score (nSPS) is 18.7. The van der Waals surface area contributed by atoms with Crippen LogP contribution >= 0.6 is 15.9 Å². The average Bonchev–Trinajstić information content (AvgIpc) is 3.23. The Morgan fingerprint density at radius 3 is 2.57 bits per heavy atom. The van der Waals surface area contributed by atoms with E-state index in [2.05, 4.69) is 32.8 Å². The number of aliphatic hydroxyl groups excluding tert-OH is 1. The molecule has 37 heavy (non-hydrogen) atoms. The number of carbonyl (C=O) groups is 1. The van der Waals surface area contributed by atoms with E-state index in [-0.39, 0.29) is 12.5 Å². The van der Waals surface area contributed by atoms with Crippen LogP contribution in [0, 0.1) is 6.92 Å². The molecule has 0 aromatic heterocycles. The topological polar surface area (TPSA) is 92.2 Å². The maximum atomic E-state index is 13.7.